The number of fused-ring (bicyclic) bond motifs is 5. The molecule has 0 unspecified atom stereocenters. The number of anilines is 6. The van der Waals surface area contributed by atoms with Gasteiger partial charge in [-0.05, 0) is 84.9 Å². The summed E-state index contributed by atoms with van der Waals surface area (Å²) in [6, 6.07) is 51.7. The van der Waals surface area contributed by atoms with Crippen LogP contribution in [0.3, 0.4) is 0 Å². The van der Waals surface area contributed by atoms with Crippen LogP contribution < -0.4 is 19.3 Å². The SMILES string of the molecule is c1ccc(-n2c(-c3cc(N4c5ccccc5Oc5ccccc54)cc(N4c5ccccc5Oc5ccccc54)c3)nc3cnccc32)cc1. The van der Waals surface area contributed by atoms with Gasteiger partial charge in [-0.25, -0.2) is 4.98 Å². The van der Waals surface area contributed by atoms with Gasteiger partial charge in [0.2, 0.25) is 0 Å². The second-order valence-corrected chi connectivity index (χ2v) is 12.0. The first-order valence-corrected chi connectivity index (χ1v) is 16.2. The maximum atomic E-state index is 6.41. The summed E-state index contributed by atoms with van der Waals surface area (Å²) in [6.45, 7) is 0. The number of benzene rings is 6. The van der Waals surface area contributed by atoms with Crippen LogP contribution in [0.5, 0.6) is 23.0 Å². The van der Waals surface area contributed by atoms with Crippen molar-refractivity contribution in [3.8, 4) is 40.1 Å². The number of imidazole rings is 1. The van der Waals surface area contributed by atoms with Crippen LogP contribution in [0.4, 0.5) is 34.1 Å². The number of ether oxygens (including phenoxy) is 2. The predicted molar refractivity (Wildman–Crippen MR) is 194 cm³/mol. The van der Waals surface area contributed by atoms with Crippen LogP contribution in [0.1, 0.15) is 0 Å². The average Bonchev–Trinajstić information content (AvgIpc) is 3.56. The topological polar surface area (TPSA) is 55.7 Å². The molecule has 0 fully saturated rings. The molecular formula is C42H27N5O2. The van der Waals surface area contributed by atoms with Crippen LogP contribution >= 0.6 is 0 Å². The highest BCUT2D eigenvalue weighted by molar-refractivity contribution is 5.94. The molecule has 0 saturated carbocycles. The monoisotopic (exact) mass is 633 g/mol. The minimum absolute atomic E-state index is 0.790. The van der Waals surface area contributed by atoms with E-state index in [0.29, 0.717) is 0 Å². The number of nitrogens with zero attached hydrogens (tertiary/aromatic N) is 5. The third kappa shape index (κ3) is 4.37. The van der Waals surface area contributed by atoms with E-state index in [1.54, 1.807) is 0 Å². The largest absolute Gasteiger partial charge is 0.453 e. The van der Waals surface area contributed by atoms with Gasteiger partial charge in [0.1, 0.15) is 11.3 Å². The molecule has 0 bridgehead atoms. The summed E-state index contributed by atoms with van der Waals surface area (Å²) in [7, 11) is 0. The van der Waals surface area contributed by atoms with Gasteiger partial charge in [-0.15, -0.1) is 0 Å². The molecule has 10 rings (SSSR count). The average molecular weight is 634 g/mol. The fourth-order valence-corrected chi connectivity index (χ4v) is 6.91. The van der Waals surface area contributed by atoms with E-state index in [4.69, 9.17) is 14.5 Å². The highest BCUT2D eigenvalue weighted by atomic mass is 16.5. The van der Waals surface area contributed by atoms with Crippen molar-refractivity contribution in [2.75, 3.05) is 9.80 Å². The zero-order valence-corrected chi connectivity index (χ0v) is 26.1. The molecule has 0 radical (unpaired) electrons. The number of aromatic nitrogens is 3. The summed E-state index contributed by atoms with van der Waals surface area (Å²) < 4.78 is 15.0. The number of hydrogen-bond donors (Lipinski definition) is 0. The third-order valence-corrected chi connectivity index (χ3v) is 9.01. The minimum Gasteiger partial charge on any atom is -0.453 e. The van der Waals surface area contributed by atoms with E-state index in [1.165, 1.54) is 0 Å². The highest BCUT2D eigenvalue weighted by Crippen LogP contribution is 2.54. The molecule has 0 N–H and O–H groups in total. The van der Waals surface area contributed by atoms with Crippen molar-refractivity contribution in [2.45, 2.75) is 0 Å². The van der Waals surface area contributed by atoms with E-state index in [1.807, 2.05) is 97.3 Å². The van der Waals surface area contributed by atoms with Crippen molar-refractivity contribution >= 4 is 45.2 Å². The van der Waals surface area contributed by atoms with Crippen molar-refractivity contribution < 1.29 is 9.47 Å². The Morgan fingerprint density at radius 1 is 0.449 bits per heavy atom. The van der Waals surface area contributed by atoms with Gasteiger partial charge >= 0.3 is 0 Å². The first-order chi connectivity index (χ1) is 24.3. The normalized spacial score (nSPS) is 12.7. The molecule has 2 aromatic heterocycles. The van der Waals surface area contributed by atoms with Crippen molar-refractivity contribution in [1.82, 2.24) is 14.5 Å². The van der Waals surface area contributed by atoms with Crippen LogP contribution in [0.15, 0.2) is 164 Å². The fourth-order valence-electron chi connectivity index (χ4n) is 6.91. The number of rotatable bonds is 4. The lowest BCUT2D eigenvalue weighted by atomic mass is 10.1. The van der Waals surface area contributed by atoms with Gasteiger partial charge < -0.3 is 19.3 Å². The van der Waals surface area contributed by atoms with Gasteiger partial charge in [0, 0.05) is 28.8 Å². The third-order valence-electron chi connectivity index (χ3n) is 9.01. The van der Waals surface area contributed by atoms with Gasteiger partial charge in [-0.2, -0.15) is 0 Å². The molecule has 6 aromatic carbocycles. The zero-order chi connectivity index (χ0) is 32.3. The van der Waals surface area contributed by atoms with E-state index in [9.17, 15) is 0 Å². The Kier molecular flexibility index (Phi) is 6.04. The fraction of sp³-hybridized carbons (Fsp3) is 0. The molecule has 8 aromatic rings. The minimum atomic E-state index is 0.790. The Bertz CT molecular complexity index is 2340. The molecule has 7 heteroatoms. The maximum Gasteiger partial charge on any atom is 0.151 e. The highest BCUT2D eigenvalue weighted by Gasteiger charge is 2.30. The van der Waals surface area contributed by atoms with Gasteiger partial charge in [0.25, 0.3) is 0 Å². The van der Waals surface area contributed by atoms with Gasteiger partial charge in [0.15, 0.2) is 23.0 Å². The quantitative estimate of drug-likeness (QED) is 0.192. The Morgan fingerprint density at radius 2 is 0.918 bits per heavy atom. The summed E-state index contributed by atoms with van der Waals surface area (Å²) in [6.07, 6.45) is 3.64. The van der Waals surface area contributed by atoms with Gasteiger partial charge in [0.05, 0.1) is 34.5 Å². The number of hydrogen-bond acceptors (Lipinski definition) is 6. The molecular weight excluding hydrogens is 606 g/mol. The lowest BCUT2D eigenvalue weighted by Gasteiger charge is -2.35. The van der Waals surface area contributed by atoms with Gasteiger partial charge in [-0.1, -0.05) is 66.7 Å². The van der Waals surface area contributed by atoms with Crippen LogP contribution in [-0.4, -0.2) is 14.5 Å². The van der Waals surface area contributed by atoms with Crippen LogP contribution in [0, 0.1) is 0 Å². The molecule has 0 spiro atoms. The summed E-state index contributed by atoms with van der Waals surface area (Å²) in [5, 5.41) is 0. The van der Waals surface area contributed by atoms with E-state index >= 15 is 0 Å². The molecule has 232 valence electrons. The Labute approximate surface area is 282 Å². The first kappa shape index (κ1) is 27.3. The van der Waals surface area contributed by atoms with E-state index < -0.39 is 0 Å². The molecule has 0 aliphatic carbocycles. The number of pyridine rings is 1. The zero-order valence-electron chi connectivity index (χ0n) is 26.1. The first-order valence-electron chi connectivity index (χ1n) is 16.2. The van der Waals surface area contributed by atoms with Crippen molar-refractivity contribution in [2.24, 2.45) is 0 Å². The maximum absolute atomic E-state index is 6.41. The smallest absolute Gasteiger partial charge is 0.151 e. The predicted octanol–water partition coefficient (Wildman–Crippen LogP) is 11.2. The van der Waals surface area contributed by atoms with Crippen LogP contribution in [-0.2, 0) is 0 Å². The van der Waals surface area contributed by atoms with E-state index in [0.717, 1.165) is 85.2 Å². The van der Waals surface area contributed by atoms with Crippen LogP contribution in [0.25, 0.3) is 28.1 Å². The molecule has 0 atom stereocenters. The standard InChI is InChI=1S/C42H27N5O2/c1-2-12-29(13-3-1)47-33-22-23-43-27-32(33)44-42(47)28-24-30(45-34-14-4-8-18-38(34)48-39-19-9-5-15-35(39)45)26-31(25-28)46-36-16-6-10-20-40(36)49-41-21-11-7-17-37(41)46/h1-27H. The molecule has 4 heterocycles. The summed E-state index contributed by atoms with van der Waals surface area (Å²) >= 11 is 0. The van der Waals surface area contributed by atoms with Crippen molar-refractivity contribution in [1.29, 1.82) is 0 Å². The Morgan fingerprint density at radius 3 is 1.43 bits per heavy atom. The summed E-state index contributed by atoms with van der Waals surface area (Å²) in [4.78, 5) is 14.2. The molecule has 2 aliphatic rings. The number of para-hydroxylation sites is 9. The summed E-state index contributed by atoms with van der Waals surface area (Å²) in [5.41, 5.74) is 9.48. The molecule has 49 heavy (non-hydrogen) atoms. The molecule has 7 nitrogen and oxygen atoms in total. The second-order valence-electron chi connectivity index (χ2n) is 12.0. The van der Waals surface area contributed by atoms with E-state index in [-0.39, 0.29) is 0 Å². The Balaban J connectivity index is 1.29. The molecule has 0 amide bonds. The van der Waals surface area contributed by atoms with Crippen molar-refractivity contribution in [3.63, 3.8) is 0 Å². The molecule has 0 saturated heterocycles. The van der Waals surface area contributed by atoms with Gasteiger partial charge in [-0.3, -0.25) is 9.55 Å². The van der Waals surface area contributed by atoms with Crippen LogP contribution in [0.2, 0.25) is 0 Å². The van der Waals surface area contributed by atoms with Crippen molar-refractivity contribution in [3.05, 3.63) is 164 Å². The lowest BCUT2D eigenvalue weighted by Crippen LogP contribution is -2.18. The molecule has 2 aliphatic heterocycles. The second kappa shape index (κ2) is 10.9. The lowest BCUT2D eigenvalue weighted by molar-refractivity contribution is 0.477. The Hall–Kier alpha value is -6.86. The summed E-state index contributed by atoms with van der Waals surface area (Å²) in [5.74, 6) is 3.97. The van der Waals surface area contributed by atoms with E-state index in [2.05, 4.69) is 86.1 Å².